The van der Waals surface area contributed by atoms with Gasteiger partial charge < -0.3 is 19.3 Å². The van der Waals surface area contributed by atoms with Gasteiger partial charge in [0.2, 0.25) is 0 Å². The molecule has 1 saturated heterocycles. The molecule has 4 atom stereocenters. The number of rotatable bonds is 8. The number of azide groups is 1. The smallest absolute Gasteiger partial charge is 0.165 e. The first kappa shape index (κ1) is 18.4. The molecule has 0 aromatic heterocycles. The number of aliphatic hydroxyl groups is 1. The summed E-state index contributed by atoms with van der Waals surface area (Å²) in [4.78, 5) is 2.73. The fourth-order valence-electron chi connectivity index (χ4n) is 2.84. The molecule has 2 aromatic rings. The summed E-state index contributed by atoms with van der Waals surface area (Å²) in [5.74, 6) is 0. The van der Waals surface area contributed by atoms with Crippen LogP contribution in [0, 0.1) is 0 Å². The lowest BCUT2D eigenvalue weighted by Gasteiger charge is -2.21. The molecule has 0 unspecified atom stereocenters. The maximum atomic E-state index is 10.4. The number of aliphatic hydroxyl groups excluding tert-OH is 1. The van der Waals surface area contributed by atoms with E-state index in [0.29, 0.717) is 13.2 Å². The van der Waals surface area contributed by atoms with E-state index < -0.39 is 24.5 Å². The van der Waals surface area contributed by atoms with E-state index in [1.54, 1.807) is 0 Å². The normalized spacial score (nSPS) is 25.0. The SMILES string of the molecule is [N-]=[N+]=N[C@H]1O[C@H](COCc2ccccc2)[C@H](OCc2ccccc2)[C@@H]1O. The zero-order valence-electron chi connectivity index (χ0n) is 14.2. The van der Waals surface area contributed by atoms with E-state index in [1.807, 2.05) is 60.7 Å². The lowest BCUT2D eigenvalue weighted by molar-refractivity contribution is -0.0765. The summed E-state index contributed by atoms with van der Waals surface area (Å²) < 4.78 is 17.2. The van der Waals surface area contributed by atoms with Crippen LogP contribution in [0.5, 0.6) is 0 Å². The highest BCUT2D eigenvalue weighted by molar-refractivity contribution is 5.14. The molecule has 2 aromatic carbocycles. The van der Waals surface area contributed by atoms with Crippen LogP contribution in [0.25, 0.3) is 10.4 Å². The Kier molecular flexibility index (Phi) is 6.60. The molecule has 1 heterocycles. The number of ether oxygens (including phenoxy) is 3. The Morgan fingerprint density at radius 2 is 1.62 bits per heavy atom. The van der Waals surface area contributed by atoms with E-state index in [0.717, 1.165) is 11.1 Å². The largest absolute Gasteiger partial charge is 0.387 e. The maximum absolute atomic E-state index is 10.4. The first-order valence-corrected chi connectivity index (χ1v) is 8.43. The molecule has 1 aliphatic rings. The van der Waals surface area contributed by atoms with Gasteiger partial charge in [-0.05, 0) is 16.7 Å². The van der Waals surface area contributed by atoms with E-state index in [1.165, 1.54) is 0 Å². The summed E-state index contributed by atoms with van der Waals surface area (Å²) in [6, 6.07) is 19.4. The van der Waals surface area contributed by atoms with E-state index in [4.69, 9.17) is 19.7 Å². The van der Waals surface area contributed by atoms with Crippen LogP contribution in [-0.2, 0) is 27.4 Å². The van der Waals surface area contributed by atoms with Crippen LogP contribution in [0.2, 0.25) is 0 Å². The number of hydrogen-bond donors (Lipinski definition) is 1. The van der Waals surface area contributed by atoms with Gasteiger partial charge in [0, 0.05) is 4.91 Å². The van der Waals surface area contributed by atoms with Gasteiger partial charge >= 0.3 is 0 Å². The summed E-state index contributed by atoms with van der Waals surface area (Å²) in [6.45, 7) is 0.974. The monoisotopic (exact) mass is 355 g/mol. The van der Waals surface area contributed by atoms with Crippen molar-refractivity contribution in [1.29, 1.82) is 0 Å². The predicted octanol–water partition coefficient (Wildman–Crippen LogP) is 3.18. The zero-order chi connectivity index (χ0) is 18.2. The number of benzene rings is 2. The van der Waals surface area contributed by atoms with E-state index in [2.05, 4.69) is 10.0 Å². The third-order valence-electron chi connectivity index (χ3n) is 4.15. The summed E-state index contributed by atoms with van der Waals surface area (Å²) in [7, 11) is 0. The second kappa shape index (κ2) is 9.33. The highest BCUT2D eigenvalue weighted by Gasteiger charge is 2.44. The fourth-order valence-corrected chi connectivity index (χ4v) is 2.84. The predicted molar refractivity (Wildman–Crippen MR) is 94.9 cm³/mol. The molecule has 1 N–H and O–H groups in total. The summed E-state index contributed by atoms with van der Waals surface area (Å²) >= 11 is 0. The topological polar surface area (TPSA) is 96.7 Å². The van der Waals surface area contributed by atoms with Crippen molar-refractivity contribution in [3.63, 3.8) is 0 Å². The third kappa shape index (κ3) is 4.82. The van der Waals surface area contributed by atoms with Gasteiger partial charge in [0.25, 0.3) is 0 Å². The quantitative estimate of drug-likeness (QED) is 0.447. The molecule has 0 amide bonds. The average Bonchev–Trinajstić information content (AvgIpc) is 2.97. The first-order chi connectivity index (χ1) is 12.8. The van der Waals surface area contributed by atoms with Crippen molar-refractivity contribution < 1.29 is 19.3 Å². The Bertz CT molecular complexity index is 722. The van der Waals surface area contributed by atoms with Crippen LogP contribution in [0.4, 0.5) is 0 Å². The highest BCUT2D eigenvalue weighted by atomic mass is 16.6. The molecule has 1 aliphatic heterocycles. The van der Waals surface area contributed by atoms with E-state index in [9.17, 15) is 5.11 Å². The molecule has 7 heteroatoms. The highest BCUT2D eigenvalue weighted by Crippen LogP contribution is 2.26. The molecule has 0 bridgehead atoms. The molecule has 0 spiro atoms. The molecule has 7 nitrogen and oxygen atoms in total. The summed E-state index contributed by atoms with van der Waals surface area (Å²) in [5, 5.41) is 13.9. The van der Waals surface area contributed by atoms with Gasteiger partial charge in [0.1, 0.15) is 18.3 Å². The van der Waals surface area contributed by atoms with Gasteiger partial charge in [-0.3, -0.25) is 0 Å². The minimum Gasteiger partial charge on any atom is -0.387 e. The van der Waals surface area contributed by atoms with Crippen LogP contribution < -0.4 is 0 Å². The maximum Gasteiger partial charge on any atom is 0.165 e. The van der Waals surface area contributed by atoms with Crippen molar-refractivity contribution in [1.82, 2.24) is 0 Å². The van der Waals surface area contributed by atoms with Crippen molar-refractivity contribution in [2.75, 3.05) is 6.61 Å². The van der Waals surface area contributed by atoms with Crippen molar-refractivity contribution >= 4 is 0 Å². The standard InChI is InChI=1S/C19H21N3O4/c20-22-21-19-17(23)18(25-12-15-9-5-2-6-10-15)16(26-19)13-24-11-14-7-3-1-4-8-14/h1-10,16-19,23H,11-13H2/t16-,17+,18+,19+/m1/s1. The minimum atomic E-state index is -1.04. The lowest BCUT2D eigenvalue weighted by Crippen LogP contribution is -2.36. The molecule has 26 heavy (non-hydrogen) atoms. The molecule has 3 rings (SSSR count). The summed E-state index contributed by atoms with van der Waals surface area (Å²) in [6.07, 6.45) is -3.18. The van der Waals surface area contributed by atoms with Crippen LogP contribution in [0.1, 0.15) is 11.1 Å². The summed E-state index contributed by atoms with van der Waals surface area (Å²) in [5.41, 5.74) is 10.7. The van der Waals surface area contributed by atoms with Crippen LogP contribution in [-0.4, -0.2) is 36.3 Å². The number of nitrogens with zero attached hydrogens (tertiary/aromatic N) is 3. The van der Waals surface area contributed by atoms with Crippen molar-refractivity contribution in [2.24, 2.45) is 5.11 Å². The Morgan fingerprint density at radius 3 is 2.23 bits per heavy atom. The second-order valence-electron chi connectivity index (χ2n) is 6.02. The van der Waals surface area contributed by atoms with E-state index in [-0.39, 0.29) is 6.61 Å². The van der Waals surface area contributed by atoms with Crippen LogP contribution in [0.15, 0.2) is 65.8 Å². The van der Waals surface area contributed by atoms with Gasteiger partial charge in [-0.25, -0.2) is 0 Å². The Morgan fingerprint density at radius 1 is 1.00 bits per heavy atom. The molecule has 0 aliphatic carbocycles. The van der Waals surface area contributed by atoms with Gasteiger partial charge in [-0.2, -0.15) is 0 Å². The van der Waals surface area contributed by atoms with Crippen LogP contribution in [0.3, 0.4) is 0 Å². The van der Waals surface area contributed by atoms with Crippen molar-refractivity contribution in [2.45, 2.75) is 37.8 Å². The van der Waals surface area contributed by atoms with Crippen LogP contribution >= 0.6 is 0 Å². The zero-order valence-corrected chi connectivity index (χ0v) is 14.2. The van der Waals surface area contributed by atoms with E-state index >= 15 is 0 Å². The van der Waals surface area contributed by atoms with Gasteiger partial charge in [0.05, 0.1) is 19.8 Å². The van der Waals surface area contributed by atoms with Crippen molar-refractivity contribution in [3.8, 4) is 0 Å². The number of hydrogen-bond acceptors (Lipinski definition) is 5. The molecular weight excluding hydrogens is 334 g/mol. The first-order valence-electron chi connectivity index (χ1n) is 8.43. The lowest BCUT2D eigenvalue weighted by atomic mass is 10.1. The Labute approximate surface area is 151 Å². The molecular formula is C19H21N3O4. The Balaban J connectivity index is 1.59. The molecule has 136 valence electrons. The second-order valence-corrected chi connectivity index (χ2v) is 6.02. The van der Waals surface area contributed by atoms with Gasteiger partial charge in [-0.1, -0.05) is 65.8 Å². The van der Waals surface area contributed by atoms with Gasteiger partial charge in [0.15, 0.2) is 6.23 Å². The fraction of sp³-hybridized carbons (Fsp3) is 0.368. The third-order valence-corrected chi connectivity index (χ3v) is 4.15. The molecule has 0 radical (unpaired) electrons. The van der Waals surface area contributed by atoms with Gasteiger partial charge in [-0.15, -0.1) is 0 Å². The molecule has 1 fully saturated rings. The Hall–Kier alpha value is -2.41. The molecule has 0 saturated carbocycles. The average molecular weight is 355 g/mol. The van der Waals surface area contributed by atoms with Crippen molar-refractivity contribution in [3.05, 3.63) is 82.2 Å². The minimum absolute atomic E-state index is 0.225.